The molecule has 1 nitrogen and oxygen atoms in total. The maximum absolute atomic E-state index is 3.50. The van der Waals surface area contributed by atoms with Crippen LogP contribution in [0.4, 0.5) is 0 Å². The van der Waals surface area contributed by atoms with E-state index in [-0.39, 0.29) is 0 Å². The molecule has 1 saturated heterocycles. The van der Waals surface area contributed by atoms with Crippen molar-refractivity contribution in [1.29, 1.82) is 0 Å². The summed E-state index contributed by atoms with van der Waals surface area (Å²) in [7, 11) is 0. The largest absolute Gasteiger partial charge is 0.313 e. The molecule has 1 heteroatoms. The van der Waals surface area contributed by atoms with Crippen LogP contribution in [0.1, 0.15) is 47.5 Å². The zero-order valence-corrected chi connectivity index (χ0v) is 8.70. The van der Waals surface area contributed by atoms with E-state index in [1.165, 1.54) is 19.4 Å². The maximum atomic E-state index is 3.50. The fraction of sp³-hybridized carbons (Fsp3) is 1.00. The van der Waals surface area contributed by atoms with Gasteiger partial charge in [-0.1, -0.05) is 34.6 Å². The van der Waals surface area contributed by atoms with Gasteiger partial charge >= 0.3 is 0 Å². The Balaban J connectivity index is 0.000000461. The molecule has 1 rings (SSSR count). The van der Waals surface area contributed by atoms with Crippen molar-refractivity contribution >= 4 is 0 Å². The summed E-state index contributed by atoms with van der Waals surface area (Å²) in [6.07, 6.45) is 2.73. The van der Waals surface area contributed by atoms with Crippen LogP contribution in [0.5, 0.6) is 0 Å². The molecule has 68 valence electrons. The Morgan fingerprint density at radius 1 is 1.18 bits per heavy atom. The predicted octanol–water partition coefficient (Wildman–Crippen LogP) is 2.81. The van der Waals surface area contributed by atoms with Crippen LogP contribution in [-0.2, 0) is 0 Å². The first-order valence-corrected chi connectivity index (χ1v) is 4.84. The standard InChI is InChI=1S/C8H17N.C2H6/c1-8(2,3)7-5-4-6-9-7;1-2/h7,9H,4-6H2,1-3H3;1-2H3/t7-;/m0./s1. The van der Waals surface area contributed by atoms with Crippen LogP contribution in [-0.4, -0.2) is 12.6 Å². The number of hydrogen-bond donors (Lipinski definition) is 1. The SMILES string of the molecule is CC.CC(C)(C)[C@@H]1CCCN1. The fourth-order valence-electron chi connectivity index (χ4n) is 1.42. The molecule has 1 atom stereocenters. The van der Waals surface area contributed by atoms with Crippen molar-refractivity contribution in [2.45, 2.75) is 53.5 Å². The Morgan fingerprint density at radius 3 is 1.91 bits per heavy atom. The summed E-state index contributed by atoms with van der Waals surface area (Å²) in [5, 5.41) is 3.50. The molecule has 0 amide bonds. The number of nitrogens with one attached hydrogen (secondary N) is 1. The third-order valence-electron chi connectivity index (χ3n) is 2.11. The summed E-state index contributed by atoms with van der Waals surface area (Å²) in [5.74, 6) is 0. The van der Waals surface area contributed by atoms with Crippen molar-refractivity contribution in [2.24, 2.45) is 5.41 Å². The van der Waals surface area contributed by atoms with Gasteiger partial charge in [0.1, 0.15) is 0 Å². The zero-order valence-electron chi connectivity index (χ0n) is 8.70. The van der Waals surface area contributed by atoms with E-state index < -0.39 is 0 Å². The van der Waals surface area contributed by atoms with E-state index in [1.807, 2.05) is 13.8 Å². The molecule has 1 aliphatic rings. The average molecular weight is 157 g/mol. The lowest BCUT2D eigenvalue weighted by Crippen LogP contribution is -2.34. The van der Waals surface area contributed by atoms with E-state index in [4.69, 9.17) is 0 Å². The highest BCUT2D eigenvalue weighted by atomic mass is 14.9. The molecule has 0 bridgehead atoms. The first-order valence-electron chi connectivity index (χ1n) is 4.84. The monoisotopic (exact) mass is 157 g/mol. The van der Waals surface area contributed by atoms with Gasteiger partial charge < -0.3 is 5.32 Å². The topological polar surface area (TPSA) is 12.0 Å². The lowest BCUT2D eigenvalue weighted by molar-refractivity contribution is 0.295. The molecular weight excluding hydrogens is 134 g/mol. The Hall–Kier alpha value is -0.0400. The van der Waals surface area contributed by atoms with Crippen molar-refractivity contribution in [1.82, 2.24) is 5.32 Å². The summed E-state index contributed by atoms with van der Waals surface area (Å²) in [6.45, 7) is 12.1. The van der Waals surface area contributed by atoms with E-state index in [9.17, 15) is 0 Å². The second-order valence-corrected chi connectivity index (χ2v) is 4.01. The second-order valence-electron chi connectivity index (χ2n) is 4.01. The van der Waals surface area contributed by atoms with Gasteiger partial charge in [-0.2, -0.15) is 0 Å². The zero-order chi connectivity index (χ0) is 8.91. The minimum atomic E-state index is 0.469. The minimum Gasteiger partial charge on any atom is -0.313 e. The molecule has 0 aromatic rings. The summed E-state index contributed by atoms with van der Waals surface area (Å²) in [4.78, 5) is 0. The van der Waals surface area contributed by atoms with Crippen molar-refractivity contribution < 1.29 is 0 Å². The summed E-state index contributed by atoms with van der Waals surface area (Å²) in [5.41, 5.74) is 0.469. The van der Waals surface area contributed by atoms with Crippen LogP contribution in [0.3, 0.4) is 0 Å². The van der Waals surface area contributed by atoms with E-state index in [0.717, 1.165) is 6.04 Å². The quantitative estimate of drug-likeness (QED) is 0.570. The highest BCUT2D eigenvalue weighted by Crippen LogP contribution is 2.25. The van der Waals surface area contributed by atoms with E-state index in [2.05, 4.69) is 26.1 Å². The van der Waals surface area contributed by atoms with Gasteiger partial charge in [0.05, 0.1) is 0 Å². The number of hydrogen-bond acceptors (Lipinski definition) is 1. The van der Waals surface area contributed by atoms with Crippen LogP contribution in [0, 0.1) is 5.41 Å². The van der Waals surface area contributed by atoms with Gasteiger partial charge in [0.25, 0.3) is 0 Å². The lowest BCUT2D eigenvalue weighted by atomic mass is 9.86. The van der Waals surface area contributed by atoms with Gasteiger partial charge in [0.15, 0.2) is 0 Å². The molecule has 0 spiro atoms. The molecule has 0 aromatic heterocycles. The van der Waals surface area contributed by atoms with Gasteiger partial charge in [-0.25, -0.2) is 0 Å². The average Bonchev–Trinajstić information content (AvgIpc) is 2.40. The van der Waals surface area contributed by atoms with Gasteiger partial charge in [-0.3, -0.25) is 0 Å². The van der Waals surface area contributed by atoms with Gasteiger partial charge in [-0.15, -0.1) is 0 Å². The fourth-order valence-corrected chi connectivity index (χ4v) is 1.42. The van der Waals surface area contributed by atoms with Crippen LogP contribution >= 0.6 is 0 Å². The first-order chi connectivity index (χ1) is 5.11. The first kappa shape index (κ1) is 11.0. The van der Waals surface area contributed by atoms with Gasteiger partial charge in [-0.05, 0) is 24.8 Å². The molecule has 0 saturated carbocycles. The second kappa shape index (κ2) is 4.76. The summed E-state index contributed by atoms with van der Waals surface area (Å²) >= 11 is 0. The molecule has 0 aromatic carbocycles. The Kier molecular flexibility index (Phi) is 4.74. The van der Waals surface area contributed by atoms with Crippen molar-refractivity contribution in [3.8, 4) is 0 Å². The Bertz CT molecular complexity index is 85.5. The maximum Gasteiger partial charge on any atom is 0.0116 e. The molecule has 1 fully saturated rings. The molecule has 0 radical (unpaired) electrons. The van der Waals surface area contributed by atoms with Crippen LogP contribution in [0.25, 0.3) is 0 Å². The third kappa shape index (κ3) is 3.76. The Morgan fingerprint density at radius 2 is 1.73 bits per heavy atom. The highest BCUT2D eigenvalue weighted by molar-refractivity contribution is 4.84. The molecule has 1 heterocycles. The molecule has 0 aliphatic carbocycles. The van der Waals surface area contributed by atoms with Crippen molar-refractivity contribution in [2.75, 3.05) is 6.54 Å². The Labute approximate surface area is 71.6 Å². The lowest BCUT2D eigenvalue weighted by Gasteiger charge is -2.26. The van der Waals surface area contributed by atoms with Crippen LogP contribution in [0.2, 0.25) is 0 Å². The summed E-state index contributed by atoms with van der Waals surface area (Å²) in [6, 6.07) is 0.762. The molecule has 1 N–H and O–H groups in total. The normalized spacial score (nSPS) is 24.3. The summed E-state index contributed by atoms with van der Waals surface area (Å²) < 4.78 is 0. The van der Waals surface area contributed by atoms with Crippen LogP contribution in [0.15, 0.2) is 0 Å². The minimum absolute atomic E-state index is 0.469. The smallest absolute Gasteiger partial charge is 0.0116 e. The van der Waals surface area contributed by atoms with E-state index >= 15 is 0 Å². The van der Waals surface area contributed by atoms with Crippen molar-refractivity contribution in [3.63, 3.8) is 0 Å². The van der Waals surface area contributed by atoms with Gasteiger partial charge in [0, 0.05) is 6.04 Å². The van der Waals surface area contributed by atoms with Crippen LogP contribution < -0.4 is 5.32 Å². The molecule has 11 heavy (non-hydrogen) atoms. The van der Waals surface area contributed by atoms with E-state index in [0.29, 0.717) is 5.41 Å². The van der Waals surface area contributed by atoms with E-state index in [1.54, 1.807) is 0 Å². The van der Waals surface area contributed by atoms with Gasteiger partial charge in [0.2, 0.25) is 0 Å². The predicted molar refractivity (Wildman–Crippen MR) is 51.8 cm³/mol. The molecule has 0 unspecified atom stereocenters. The third-order valence-corrected chi connectivity index (χ3v) is 2.11. The molecular formula is C10H23N. The van der Waals surface area contributed by atoms with Crippen molar-refractivity contribution in [3.05, 3.63) is 0 Å². The molecule has 1 aliphatic heterocycles. The highest BCUT2D eigenvalue weighted by Gasteiger charge is 2.26. The number of rotatable bonds is 0.